The normalized spacial score (nSPS) is 12.4. The van der Waals surface area contributed by atoms with E-state index < -0.39 is 27.8 Å². The molecule has 0 aliphatic rings. The van der Waals surface area contributed by atoms with Gasteiger partial charge < -0.3 is 7.59 Å². The van der Waals surface area contributed by atoms with Gasteiger partial charge in [-0.15, -0.1) is 0 Å². The fraction of sp³-hybridized carbons (Fsp3) is 0.571. The summed E-state index contributed by atoms with van der Waals surface area (Å²) in [4.78, 5) is 10.5. The van der Waals surface area contributed by atoms with Crippen LogP contribution in [0.4, 0.5) is 0 Å². The maximum Gasteiger partial charge on any atom is 2.00 e. The molecule has 5 nitrogen and oxygen atoms in total. The second kappa shape index (κ2) is 7.64. The van der Waals surface area contributed by atoms with Gasteiger partial charge in [-0.25, -0.2) is 4.79 Å². The number of carbonyl (C=O) groups is 1. The Morgan fingerprint density at radius 3 is 2.57 bits per heavy atom. The van der Waals surface area contributed by atoms with Gasteiger partial charge in [-0.2, -0.15) is 8.42 Å². The van der Waals surface area contributed by atoms with Crippen molar-refractivity contribution in [1.82, 2.24) is 0 Å². The van der Waals surface area contributed by atoms with Crippen molar-refractivity contribution in [3.05, 3.63) is 12.7 Å². The Morgan fingerprint density at radius 2 is 2.21 bits per heavy atom. The van der Waals surface area contributed by atoms with Gasteiger partial charge in [0.05, 0.1) is 12.4 Å². The van der Waals surface area contributed by atoms with E-state index in [2.05, 4.69) is 11.3 Å². The Labute approximate surface area is 116 Å². The molecule has 0 aromatic heterocycles. The maximum atomic E-state index is 10.5. The molecule has 1 atom stereocenters. The molecule has 1 N–H and O–H groups in total. The third-order valence-electron chi connectivity index (χ3n) is 1.17. The van der Waals surface area contributed by atoms with Crippen LogP contribution in [0.15, 0.2) is 12.7 Å². The van der Waals surface area contributed by atoms with Crippen LogP contribution < -0.4 is 0 Å². The van der Waals surface area contributed by atoms with E-state index in [1.807, 2.05) is 0 Å². The predicted octanol–water partition coefficient (Wildman–Crippen LogP) is 0.0837. The number of esters is 1. The summed E-state index contributed by atoms with van der Waals surface area (Å²) in [5, 5.41) is 0. The fourth-order valence-corrected chi connectivity index (χ4v) is 1.51. The first kappa shape index (κ1) is 16.8. The first-order valence-electron chi connectivity index (χ1n) is 3.59. The van der Waals surface area contributed by atoms with E-state index in [0.717, 1.165) is 6.08 Å². The Balaban J connectivity index is -0.000000240. The quantitative estimate of drug-likeness (QED) is 0.323. The number of rotatable bonds is 5. The minimum Gasteiger partial charge on any atom is -1.00 e. The van der Waals surface area contributed by atoms with Crippen LogP contribution in [0.5, 0.6) is 0 Å². The summed E-state index contributed by atoms with van der Waals surface area (Å²) in [6.07, 6.45) is 0.986. The van der Waals surface area contributed by atoms with Crippen molar-refractivity contribution < 1.29 is 25.4 Å². The van der Waals surface area contributed by atoms with Crippen LogP contribution in [0, 0.1) is 5.92 Å². The molecule has 0 heterocycles. The maximum absolute atomic E-state index is 10.5. The largest absolute Gasteiger partial charge is 2.00 e. The van der Waals surface area contributed by atoms with E-state index in [1.54, 1.807) is 6.92 Å². The summed E-state index contributed by atoms with van der Waals surface area (Å²) in [6.45, 7) is 4.67. The zero-order valence-corrected chi connectivity index (χ0v) is 11.0. The van der Waals surface area contributed by atoms with Crippen molar-refractivity contribution in [3.8, 4) is 0 Å². The zero-order valence-electron chi connectivity index (χ0n) is 9.97. The molecule has 0 aliphatic carbocycles. The molecular formula is C7H14CaO5S. The molecule has 0 radical (unpaired) electrons. The Morgan fingerprint density at radius 1 is 1.71 bits per heavy atom. The van der Waals surface area contributed by atoms with Gasteiger partial charge in [0.2, 0.25) is 0 Å². The Kier molecular flexibility index (Phi) is 9.17. The standard InChI is InChI=1S/C7H12O5S.Ca.2H/c1-3-7(8)12-4-6(2)5-13(9,10)11;;;/h3,6H,1,4-5H2,2H3,(H,9,10,11);;;/q;+2;2*-1. The minimum absolute atomic E-state index is 0. The Hall–Kier alpha value is 0.380. The average Bonchev–Trinajstić information content (AvgIpc) is 1.97. The molecule has 0 aromatic carbocycles. The molecular weight excluding hydrogens is 236 g/mol. The van der Waals surface area contributed by atoms with Crippen LogP contribution in [0.3, 0.4) is 0 Å². The Bertz CT molecular complexity index is 293. The fourth-order valence-electron chi connectivity index (χ4n) is 0.691. The van der Waals surface area contributed by atoms with Crippen molar-refractivity contribution in [2.24, 2.45) is 5.92 Å². The minimum atomic E-state index is -4.00. The van der Waals surface area contributed by atoms with E-state index in [-0.39, 0.29) is 47.2 Å². The summed E-state index contributed by atoms with van der Waals surface area (Å²) in [7, 11) is -4.00. The van der Waals surface area contributed by atoms with Crippen molar-refractivity contribution in [3.63, 3.8) is 0 Å². The second-order valence-corrected chi connectivity index (χ2v) is 4.19. The molecule has 0 aliphatic heterocycles. The summed E-state index contributed by atoms with van der Waals surface area (Å²) < 4.78 is 33.7. The molecule has 0 bridgehead atoms. The number of hydrogen-bond acceptors (Lipinski definition) is 4. The molecule has 0 saturated carbocycles. The molecule has 0 fully saturated rings. The summed E-state index contributed by atoms with van der Waals surface area (Å²) in [5.41, 5.74) is 0. The van der Waals surface area contributed by atoms with E-state index in [4.69, 9.17) is 4.55 Å². The van der Waals surface area contributed by atoms with Gasteiger partial charge in [-0.05, 0) is 0 Å². The summed E-state index contributed by atoms with van der Waals surface area (Å²) in [6, 6.07) is 0. The van der Waals surface area contributed by atoms with Gasteiger partial charge in [-0.3, -0.25) is 4.55 Å². The first-order valence-corrected chi connectivity index (χ1v) is 5.20. The number of hydrogen-bond donors (Lipinski definition) is 1. The third kappa shape index (κ3) is 10.5. The molecule has 80 valence electrons. The van der Waals surface area contributed by atoms with Gasteiger partial charge in [0.15, 0.2) is 0 Å². The van der Waals surface area contributed by atoms with E-state index in [1.165, 1.54) is 0 Å². The van der Waals surface area contributed by atoms with E-state index >= 15 is 0 Å². The van der Waals surface area contributed by atoms with Crippen molar-refractivity contribution in [1.29, 1.82) is 0 Å². The van der Waals surface area contributed by atoms with Crippen LogP contribution in [-0.2, 0) is 19.6 Å². The van der Waals surface area contributed by atoms with Crippen LogP contribution >= 0.6 is 0 Å². The van der Waals surface area contributed by atoms with Gasteiger partial charge in [-0.1, -0.05) is 13.5 Å². The second-order valence-electron chi connectivity index (χ2n) is 2.69. The van der Waals surface area contributed by atoms with E-state index in [9.17, 15) is 13.2 Å². The molecule has 0 aromatic rings. The molecule has 0 spiro atoms. The third-order valence-corrected chi connectivity index (χ3v) is 2.16. The molecule has 0 rings (SSSR count). The van der Waals surface area contributed by atoms with E-state index in [0.29, 0.717) is 0 Å². The van der Waals surface area contributed by atoms with Crippen LogP contribution in [0.2, 0.25) is 0 Å². The van der Waals surface area contributed by atoms with Crippen LogP contribution in [0.25, 0.3) is 0 Å². The van der Waals surface area contributed by atoms with Gasteiger partial charge in [0.1, 0.15) is 0 Å². The summed E-state index contributed by atoms with van der Waals surface area (Å²) in [5.74, 6) is -1.46. The van der Waals surface area contributed by atoms with Crippen LogP contribution in [-0.4, -0.2) is 69.0 Å². The van der Waals surface area contributed by atoms with Crippen LogP contribution in [0.1, 0.15) is 9.78 Å². The van der Waals surface area contributed by atoms with Gasteiger partial charge in [0.25, 0.3) is 10.1 Å². The number of carbonyl (C=O) groups excluding carboxylic acids is 1. The monoisotopic (exact) mass is 250 g/mol. The molecule has 0 amide bonds. The zero-order chi connectivity index (χ0) is 10.5. The smallest absolute Gasteiger partial charge is 1.00 e. The molecule has 14 heavy (non-hydrogen) atoms. The SMILES string of the molecule is C=CC(=O)OCC(C)CS(=O)(=O)O.[Ca+2].[H-].[H-]. The first-order chi connectivity index (χ1) is 5.85. The van der Waals surface area contributed by atoms with Gasteiger partial charge in [0, 0.05) is 12.0 Å². The molecule has 1 unspecified atom stereocenters. The van der Waals surface area contributed by atoms with Gasteiger partial charge >= 0.3 is 43.7 Å². The topological polar surface area (TPSA) is 80.7 Å². The summed E-state index contributed by atoms with van der Waals surface area (Å²) >= 11 is 0. The molecule has 7 heteroatoms. The van der Waals surface area contributed by atoms with Crippen molar-refractivity contribution >= 4 is 53.8 Å². The predicted molar refractivity (Wildman–Crippen MR) is 54.7 cm³/mol. The van der Waals surface area contributed by atoms with Crippen molar-refractivity contribution in [2.75, 3.05) is 12.4 Å². The average molecular weight is 250 g/mol. The number of ether oxygens (including phenoxy) is 1. The van der Waals surface area contributed by atoms with Crippen molar-refractivity contribution in [2.45, 2.75) is 6.92 Å². The molecule has 0 saturated heterocycles.